The molecule has 1 heterocycles. The third-order valence-corrected chi connectivity index (χ3v) is 5.78. The van der Waals surface area contributed by atoms with Crippen LogP contribution in [-0.4, -0.2) is 21.6 Å². The second kappa shape index (κ2) is 8.48. The standard InChI is InChI=1S/C21H20Cl2N2O4/c1-11-15(10-24)20(27)25(14-5-3-4-6-14)21(28)18(11)19(26)12(2)29-17-8-7-13(22)9-16(17)23/h7-9,12,14,28H,3-6H2,1-2H3. The van der Waals surface area contributed by atoms with Gasteiger partial charge in [0.15, 0.2) is 6.10 Å². The lowest BCUT2D eigenvalue weighted by molar-refractivity contribution is 0.0812. The van der Waals surface area contributed by atoms with Crippen molar-refractivity contribution in [2.75, 3.05) is 0 Å². The van der Waals surface area contributed by atoms with Crippen LogP contribution in [0.15, 0.2) is 23.0 Å². The van der Waals surface area contributed by atoms with E-state index in [2.05, 4.69) is 0 Å². The van der Waals surface area contributed by atoms with Gasteiger partial charge in [-0.1, -0.05) is 36.0 Å². The molecular formula is C21H20Cl2N2O4. The van der Waals surface area contributed by atoms with Crippen LogP contribution in [-0.2, 0) is 0 Å². The van der Waals surface area contributed by atoms with E-state index in [0.29, 0.717) is 17.9 Å². The Labute approximate surface area is 178 Å². The fourth-order valence-corrected chi connectivity index (χ4v) is 4.19. The number of pyridine rings is 1. The number of carbonyl (C=O) groups is 1. The van der Waals surface area contributed by atoms with Gasteiger partial charge in [0, 0.05) is 11.1 Å². The highest BCUT2D eigenvalue weighted by Gasteiger charge is 2.31. The summed E-state index contributed by atoms with van der Waals surface area (Å²) in [4.78, 5) is 25.9. The number of ether oxygens (including phenoxy) is 1. The molecule has 1 aliphatic rings. The van der Waals surface area contributed by atoms with Crippen molar-refractivity contribution < 1.29 is 14.6 Å². The van der Waals surface area contributed by atoms with Crippen LogP contribution in [0.4, 0.5) is 0 Å². The Morgan fingerprint density at radius 2 is 2.00 bits per heavy atom. The van der Waals surface area contributed by atoms with E-state index in [1.807, 2.05) is 6.07 Å². The summed E-state index contributed by atoms with van der Waals surface area (Å²) in [6.07, 6.45) is 2.25. The third-order valence-electron chi connectivity index (χ3n) is 5.25. The topological polar surface area (TPSA) is 92.3 Å². The lowest BCUT2D eigenvalue weighted by Crippen LogP contribution is -2.32. The van der Waals surface area contributed by atoms with Gasteiger partial charge in [-0.05, 0) is 50.5 Å². The first kappa shape index (κ1) is 21.2. The number of ketones is 1. The van der Waals surface area contributed by atoms with Gasteiger partial charge < -0.3 is 9.84 Å². The summed E-state index contributed by atoms with van der Waals surface area (Å²) in [5.41, 5.74) is -0.646. The average Bonchev–Trinajstić information content (AvgIpc) is 3.18. The van der Waals surface area contributed by atoms with E-state index in [0.717, 1.165) is 12.8 Å². The van der Waals surface area contributed by atoms with Crippen LogP contribution in [0, 0.1) is 18.3 Å². The van der Waals surface area contributed by atoms with Gasteiger partial charge in [-0.2, -0.15) is 5.26 Å². The van der Waals surface area contributed by atoms with Gasteiger partial charge in [0.25, 0.3) is 5.56 Å². The Morgan fingerprint density at radius 1 is 1.34 bits per heavy atom. The van der Waals surface area contributed by atoms with E-state index < -0.39 is 23.3 Å². The number of nitriles is 1. The van der Waals surface area contributed by atoms with Gasteiger partial charge in [0.1, 0.15) is 17.4 Å². The molecule has 1 atom stereocenters. The molecule has 0 bridgehead atoms. The van der Waals surface area contributed by atoms with Gasteiger partial charge in [-0.25, -0.2) is 0 Å². The molecule has 0 radical (unpaired) electrons. The minimum atomic E-state index is -1.01. The second-order valence-corrected chi connectivity index (χ2v) is 7.97. The molecule has 0 saturated heterocycles. The van der Waals surface area contributed by atoms with Crippen molar-refractivity contribution in [3.05, 3.63) is 55.3 Å². The molecule has 0 amide bonds. The Bertz CT molecular complexity index is 1070. The number of rotatable bonds is 5. The highest BCUT2D eigenvalue weighted by atomic mass is 35.5. The van der Waals surface area contributed by atoms with Crippen LogP contribution in [0.3, 0.4) is 0 Å². The first-order chi connectivity index (χ1) is 13.8. The number of nitrogens with zero attached hydrogens (tertiary/aromatic N) is 2. The van der Waals surface area contributed by atoms with Crippen molar-refractivity contribution in [3.63, 3.8) is 0 Å². The largest absolute Gasteiger partial charge is 0.494 e. The summed E-state index contributed by atoms with van der Waals surface area (Å²) in [5, 5.41) is 21.0. The van der Waals surface area contributed by atoms with E-state index in [4.69, 9.17) is 27.9 Å². The maximum Gasteiger partial charge on any atom is 0.271 e. The van der Waals surface area contributed by atoms with Crippen molar-refractivity contribution in [2.45, 2.75) is 51.7 Å². The van der Waals surface area contributed by atoms with Crippen LogP contribution < -0.4 is 10.3 Å². The van der Waals surface area contributed by atoms with Gasteiger partial charge in [-0.15, -0.1) is 0 Å². The monoisotopic (exact) mass is 434 g/mol. The molecule has 2 aromatic rings. The van der Waals surface area contributed by atoms with Crippen LogP contribution in [0.25, 0.3) is 0 Å². The summed E-state index contributed by atoms with van der Waals surface area (Å²) in [6.45, 7) is 3.00. The highest BCUT2D eigenvalue weighted by Crippen LogP contribution is 2.35. The highest BCUT2D eigenvalue weighted by molar-refractivity contribution is 6.35. The van der Waals surface area contributed by atoms with E-state index in [9.17, 15) is 20.0 Å². The molecular weight excluding hydrogens is 415 g/mol. The Kier molecular flexibility index (Phi) is 6.21. The molecule has 1 unspecified atom stereocenters. The lowest BCUT2D eigenvalue weighted by Gasteiger charge is -2.22. The van der Waals surface area contributed by atoms with Gasteiger partial charge in [0.2, 0.25) is 11.7 Å². The summed E-state index contributed by atoms with van der Waals surface area (Å²) < 4.78 is 6.86. The predicted molar refractivity (Wildman–Crippen MR) is 110 cm³/mol. The molecule has 0 spiro atoms. The zero-order valence-electron chi connectivity index (χ0n) is 16.0. The normalized spacial score (nSPS) is 15.1. The number of hydrogen-bond acceptors (Lipinski definition) is 5. The average molecular weight is 435 g/mol. The number of aromatic hydroxyl groups is 1. The van der Waals surface area contributed by atoms with Crippen molar-refractivity contribution >= 4 is 29.0 Å². The number of benzene rings is 1. The van der Waals surface area contributed by atoms with Crippen LogP contribution >= 0.6 is 23.2 Å². The van der Waals surface area contributed by atoms with Crippen molar-refractivity contribution in [1.29, 1.82) is 5.26 Å². The molecule has 29 heavy (non-hydrogen) atoms. The number of aromatic nitrogens is 1. The molecule has 8 heteroatoms. The molecule has 1 aliphatic carbocycles. The molecule has 152 valence electrons. The Balaban J connectivity index is 2.04. The number of Topliss-reactive ketones (excluding diaryl/α,β-unsaturated/α-hetero) is 1. The molecule has 3 rings (SSSR count). The van der Waals surface area contributed by atoms with Crippen molar-refractivity contribution in [3.8, 4) is 17.7 Å². The van der Waals surface area contributed by atoms with E-state index in [1.165, 1.54) is 24.5 Å². The zero-order chi connectivity index (χ0) is 21.3. The van der Waals surface area contributed by atoms with E-state index >= 15 is 0 Å². The van der Waals surface area contributed by atoms with Crippen LogP contribution in [0.2, 0.25) is 10.0 Å². The minimum Gasteiger partial charge on any atom is -0.494 e. The summed E-state index contributed by atoms with van der Waals surface area (Å²) >= 11 is 12.0. The van der Waals surface area contributed by atoms with Crippen LogP contribution in [0.5, 0.6) is 11.6 Å². The SMILES string of the molecule is Cc1c(C(=O)C(C)Oc2ccc(Cl)cc2Cl)c(O)n(C2CCCC2)c(=O)c1C#N. The molecule has 1 aromatic heterocycles. The lowest BCUT2D eigenvalue weighted by atomic mass is 9.98. The number of hydrogen-bond donors (Lipinski definition) is 1. The Morgan fingerprint density at radius 3 is 2.59 bits per heavy atom. The van der Waals surface area contributed by atoms with E-state index in [-0.39, 0.29) is 33.5 Å². The number of halogens is 2. The first-order valence-electron chi connectivity index (χ1n) is 9.30. The molecule has 1 saturated carbocycles. The smallest absolute Gasteiger partial charge is 0.271 e. The molecule has 1 N–H and O–H groups in total. The molecule has 6 nitrogen and oxygen atoms in total. The van der Waals surface area contributed by atoms with Crippen molar-refractivity contribution in [1.82, 2.24) is 4.57 Å². The maximum absolute atomic E-state index is 13.1. The molecule has 1 fully saturated rings. The molecule has 0 aliphatic heterocycles. The van der Waals surface area contributed by atoms with Crippen LogP contribution in [0.1, 0.15) is 60.1 Å². The van der Waals surface area contributed by atoms with Crippen molar-refractivity contribution in [2.24, 2.45) is 0 Å². The zero-order valence-corrected chi connectivity index (χ0v) is 17.5. The fourth-order valence-electron chi connectivity index (χ4n) is 3.74. The fraction of sp³-hybridized carbons (Fsp3) is 0.381. The third kappa shape index (κ3) is 3.98. The quantitative estimate of drug-likeness (QED) is 0.681. The maximum atomic E-state index is 13.1. The van der Waals surface area contributed by atoms with Gasteiger partial charge in [0.05, 0.1) is 10.6 Å². The molecule has 1 aromatic carbocycles. The number of carbonyl (C=O) groups excluding carboxylic acids is 1. The minimum absolute atomic E-state index is 0.0781. The van der Waals surface area contributed by atoms with Gasteiger partial charge >= 0.3 is 0 Å². The van der Waals surface area contributed by atoms with E-state index in [1.54, 1.807) is 12.1 Å². The second-order valence-electron chi connectivity index (χ2n) is 7.12. The first-order valence-corrected chi connectivity index (χ1v) is 10.1. The summed E-state index contributed by atoms with van der Waals surface area (Å²) in [5.74, 6) is -0.700. The summed E-state index contributed by atoms with van der Waals surface area (Å²) in [7, 11) is 0. The summed E-state index contributed by atoms with van der Waals surface area (Å²) in [6, 6.07) is 6.26. The Hall–Kier alpha value is -2.49. The van der Waals surface area contributed by atoms with Gasteiger partial charge in [-0.3, -0.25) is 14.2 Å². The predicted octanol–water partition coefficient (Wildman–Crippen LogP) is 4.81.